The monoisotopic (exact) mass is 468 g/mol. The van der Waals surface area contributed by atoms with E-state index in [1.165, 1.54) is 0 Å². The molecule has 2 nitrogen and oxygen atoms in total. The maximum atomic E-state index is 12.8. The van der Waals surface area contributed by atoms with Gasteiger partial charge in [-0.2, -0.15) is 0 Å². The Morgan fingerprint density at radius 1 is 0.958 bits per heavy atom. The molecule has 128 valence electrons. The molecule has 0 aliphatic rings. The van der Waals surface area contributed by atoms with Crippen molar-refractivity contribution in [2.75, 3.05) is 0 Å². The van der Waals surface area contributed by atoms with Gasteiger partial charge in [-0.25, -0.2) is 0 Å². The molecule has 0 fully saturated rings. The summed E-state index contributed by atoms with van der Waals surface area (Å²) in [6.45, 7) is 11.0. The lowest BCUT2D eigenvalue weighted by Gasteiger charge is -2.36. The molecular formula is C19H22Br2O2Si. The van der Waals surface area contributed by atoms with E-state index < -0.39 is 8.32 Å². The second-order valence-electron chi connectivity index (χ2n) is 7.38. The molecule has 2 rings (SSSR count). The van der Waals surface area contributed by atoms with Crippen LogP contribution in [0.25, 0.3) is 0 Å². The Bertz CT molecular complexity index is 744. The number of rotatable bonds is 4. The number of halogens is 2. The molecule has 0 radical (unpaired) electrons. The summed E-state index contributed by atoms with van der Waals surface area (Å²) in [5.41, 5.74) is 1.27. The molecule has 0 aromatic heterocycles. The predicted molar refractivity (Wildman–Crippen MR) is 110 cm³/mol. The van der Waals surface area contributed by atoms with Crippen LogP contribution < -0.4 is 4.43 Å². The first-order valence-electron chi connectivity index (χ1n) is 7.79. The van der Waals surface area contributed by atoms with Crippen molar-refractivity contribution in [3.8, 4) is 5.75 Å². The highest BCUT2D eigenvalue weighted by atomic mass is 79.9. The molecule has 0 amide bonds. The van der Waals surface area contributed by atoms with Crippen LogP contribution >= 0.6 is 31.9 Å². The molecule has 0 bridgehead atoms. The van der Waals surface area contributed by atoms with Crippen LogP contribution in [0.15, 0.2) is 51.4 Å². The summed E-state index contributed by atoms with van der Waals surface area (Å²) < 4.78 is 8.05. The molecule has 0 atom stereocenters. The highest BCUT2D eigenvalue weighted by molar-refractivity contribution is 9.11. The minimum absolute atomic E-state index is 0.0160. The smallest absolute Gasteiger partial charge is 0.250 e. The lowest BCUT2D eigenvalue weighted by Crippen LogP contribution is -2.43. The Hall–Kier alpha value is -0.913. The van der Waals surface area contributed by atoms with E-state index >= 15 is 0 Å². The van der Waals surface area contributed by atoms with Crippen LogP contribution in [0.2, 0.25) is 18.1 Å². The molecule has 0 unspecified atom stereocenters. The van der Waals surface area contributed by atoms with Crippen molar-refractivity contribution in [2.45, 2.75) is 38.9 Å². The summed E-state index contributed by atoms with van der Waals surface area (Å²) in [5.74, 6) is 0.749. The van der Waals surface area contributed by atoms with Gasteiger partial charge in [0.05, 0.1) is 0 Å². The summed E-state index contributed by atoms with van der Waals surface area (Å²) >= 11 is 6.86. The van der Waals surface area contributed by atoms with E-state index in [-0.39, 0.29) is 10.8 Å². The normalized spacial score (nSPS) is 12.1. The van der Waals surface area contributed by atoms with Gasteiger partial charge in [0.2, 0.25) is 8.32 Å². The zero-order valence-corrected chi connectivity index (χ0v) is 18.8. The lowest BCUT2D eigenvalue weighted by molar-refractivity contribution is 0.103. The summed E-state index contributed by atoms with van der Waals surface area (Å²) in [6.07, 6.45) is 0. The molecule has 2 aromatic rings. The Labute approximate surface area is 162 Å². The quantitative estimate of drug-likeness (QED) is 0.362. The third kappa shape index (κ3) is 4.58. The number of ketones is 1. The zero-order chi connectivity index (χ0) is 18.1. The Kier molecular flexibility index (Phi) is 5.78. The van der Waals surface area contributed by atoms with Gasteiger partial charge >= 0.3 is 0 Å². The molecule has 0 saturated carbocycles. The molecule has 0 heterocycles. The summed E-state index contributed by atoms with van der Waals surface area (Å²) in [6, 6.07) is 13.0. The van der Waals surface area contributed by atoms with E-state index in [1.54, 1.807) is 0 Å². The fourth-order valence-corrected chi connectivity index (χ4v) is 4.32. The van der Waals surface area contributed by atoms with Crippen molar-refractivity contribution in [3.05, 3.63) is 62.5 Å². The Morgan fingerprint density at radius 3 is 2.08 bits per heavy atom. The molecule has 24 heavy (non-hydrogen) atoms. The average Bonchev–Trinajstić information content (AvgIpc) is 2.44. The Balaban J connectivity index is 2.32. The van der Waals surface area contributed by atoms with Gasteiger partial charge in [0, 0.05) is 20.1 Å². The Morgan fingerprint density at radius 2 is 1.54 bits per heavy atom. The van der Waals surface area contributed by atoms with Gasteiger partial charge in [-0.1, -0.05) is 64.8 Å². The van der Waals surface area contributed by atoms with Gasteiger partial charge in [0.15, 0.2) is 5.78 Å². The van der Waals surface area contributed by atoms with E-state index in [0.29, 0.717) is 11.1 Å². The first-order valence-corrected chi connectivity index (χ1v) is 12.3. The van der Waals surface area contributed by atoms with Gasteiger partial charge in [0.1, 0.15) is 5.75 Å². The van der Waals surface area contributed by atoms with Gasteiger partial charge in [-0.3, -0.25) is 4.79 Å². The van der Waals surface area contributed by atoms with Gasteiger partial charge in [-0.15, -0.1) is 0 Å². The third-order valence-electron chi connectivity index (χ3n) is 4.40. The second-order valence-corrected chi connectivity index (χ2v) is 13.9. The standard InChI is InChI=1S/C19H22Br2O2Si/c1-19(2,3)24(4,5)23-17-8-6-7-13(11-17)18(22)14-9-15(20)12-16(21)10-14/h6-12H,1-5H3. The fraction of sp³-hybridized carbons (Fsp3) is 0.316. The summed E-state index contributed by atoms with van der Waals surface area (Å²) in [5, 5.41) is 0.113. The SMILES string of the molecule is CC(C)(C)[Si](C)(C)Oc1cccc(C(=O)c2cc(Br)cc(Br)c2)c1. The minimum Gasteiger partial charge on any atom is -0.543 e. The maximum absolute atomic E-state index is 12.8. The molecule has 2 aromatic carbocycles. The third-order valence-corrected chi connectivity index (χ3v) is 9.67. The van der Waals surface area contributed by atoms with Crippen LogP contribution in [-0.4, -0.2) is 14.1 Å². The molecule has 0 saturated heterocycles. The summed E-state index contributed by atoms with van der Waals surface area (Å²) in [7, 11) is -1.93. The van der Waals surface area contributed by atoms with E-state index in [2.05, 4.69) is 65.7 Å². The predicted octanol–water partition coefficient (Wildman–Crippen LogP) is 6.83. The maximum Gasteiger partial charge on any atom is 0.250 e. The fourth-order valence-electron chi connectivity index (χ4n) is 2.00. The van der Waals surface area contributed by atoms with Crippen molar-refractivity contribution in [1.29, 1.82) is 0 Å². The van der Waals surface area contributed by atoms with Crippen molar-refractivity contribution in [3.63, 3.8) is 0 Å². The molecule has 0 N–H and O–H groups in total. The zero-order valence-electron chi connectivity index (χ0n) is 14.6. The van der Waals surface area contributed by atoms with Crippen molar-refractivity contribution < 1.29 is 9.22 Å². The molecule has 0 aliphatic heterocycles. The summed E-state index contributed by atoms with van der Waals surface area (Å²) in [4.78, 5) is 12.8. The van der Waals surface area contributed by atoms with Crippen LogP contribution in [0, 0.1) is 0 Å². The van der Waals surface area contributed by atoms with E-state index in [0.717, 1.165) is 14.7 Å². The number of benzene rings is 2. The molecule has 5 heteroatoms. The van der Waals surface area contributed by atoms with E-state index in [1.807, 2.05) is 42.5 Å². The minimum atomic E-state index is -1.93. The number of hydrogen-bond donors (Lipinski definition) is 0. The molecule has 0 aliphatic carbocycles. The van der Waals surface area contributed by atoms with Crippen LogP contribution in [0.4, 0.5) is 0 Å². The van der Waals surface area contributed by atoms with Crippen molar-refractivity contribution in [1.82, 2.24) is 0 Å². The topological polar surface area (TPSA) is 26.3 Å². The number of carbonyl (C=O) groups is 1. The number of carbonyl (C=O) groups excluding carboxylic acids is 1. The van der Waals surface area contributed by atoms with Crippen LogP contribution in [0.1, 0.15) is 36.7 Å². The largest absolute Gasteiger partial charge is 0.543 e. The van der Waals surface area contributed by atoms with Crippen LogP contribution in [-0.2, 0) is 0 Å². The molecular weight excluding hydrogens is 448 g/mol. The van der Waals surface area contributed by atoms with Gasteiger partial charge in [-0.05, 0) is 48.5 Å². The van der Waals surface area contributed by atoms with E-state index in [9.17, 15) is 4.79 Å². The van der Waals surface area contributed by atoms with E-state index in [4.69, 9.17) is 4.43 Å². The number of hydrogen-bond acceptors (Lipinski definition) is 2. The highest BCUT2D eigenvalue weighted by Gasteiger charge is 2.39. The highest BCUT2D eigenvalue weighted by Crippen LogP contribution is 2.37. The average molecular weight is 470 g/mol. The first kappa shape index (κ1) is 19.4. The van der Waals surface area contributed by atoms with Crippen LogP contribution in [0.5, 0.6) is 5.75 Å². The van der Waals surface area contributed by atoms with Gasteiger partial charge in [0.25, 0.3) is 0 Å². The molecule has 0 spiro atoms. The lowest BCUT2D eigenvalue weighted by atomic mass is 10.0. The first-order chi connectivity index (χ1) is 11.0. The van der Waals surface area contributed by atoms with Gasteiger partial charge < -0.3 is 4.43 Å². The van der Waals surface area contributed by atoms with Crippen LogP contribution in [0.3, 0.4) is 0 Å². The van der Waals surface area contributed by atoms with Crippen molar-refractivity contribution in [2.24, 2.45) is 0 Å². The second kappa shape index (κ2) is 7.14. The van der Waals surface area contributed by atoms with Crippen molar-refractivity contribution >= 4 is 46.0 Å².